The summed E-state index contributed by atoms with van der Waals surface area (Å²) in [5, 5.41) is 20.1. The highest BCUT2D eigenvalue weighted by Crippen LogP contribution is 2.35. The summed E-state index contributed by atoms with van der Waals surface area (Å²) in [5.74, 6) is 0. The summed E-state index contributed by atoms with van der Waals surface area (Å²) < 4.78 is 0. The number of fused-ring (bicyclic) bond motifs is 1. The lowest BCUT2D eigenvalue weighted by Gasteiger charge is -2.17. The van der Waals surface area contributed by atoms with Crippen molar-refractivity contribution in [3.05, 3.63) is 90.5 Å². The van der Waals surface area contributed by atoms with E-state index in [1.54, 1.807) is 0 Å². The molecule has 0 spiro atoms. The van der Waals surface area contributed by atoms with E-state index in [9.17, 15) is 0 Å². The average Bonchev–Trinajstić information content (AvgIpc) is 3.46. The number of hydrogen-bond acceptors (Lipinski definition) is 5. The van der Waals surface area contributed by atoms with Gasteiger partial charge in [0.05, 0.1) is 22.7 Å². The van der Waals surface area contributed by atoms with Crippen LogP contribution in [0.2, 0.25) is 0 Å². The van der Waals surface area contributed by atoms with Gasteiger partial charge in [-0.25, -0.2) is 0 Å². The van der Waals surface area contributed by atoms with Gasteiger partial charge in [-0.2, -0.15) is 10.2 Å². The number of anilines is 1. The van der Waals surface area contributed by atoms with E-state index in [2.05, 4.69) is 68.7 Å². The van der Waals surface area contributed by atoms with Gasteiger partial charge in [-0.3, -0.25) is 0 Å². The number of unbranched alkanes of at least 4 members (excludes halogenated alkanes) is 1. The third-order valence-electron chi connectivity index (χ3n) is 6.50. The van der Waals surface area contributed by atoms with E-state index in [0.29, 0.717) is 0 Å². The standard InChI is InChI=1S/C30H31N5/c1-2-3-8-23-11-13-24(14-12-23)31-33-29-19-20-30(28-10-5-4-9-27(28)29)34-32-25-15-17-26(18-16-25)35-21-6-7-22-35/h4-5,9-20H,2-3,6-8,21-22H2,1H3. The topological polar surface area (TPSA) is 52.7 Å². The van der Waals surface area contributed by atoms with Crippen molar-refractivity contribution in [2.24, 2.45) is 20.5 Å². The highest BCUT2D eigenvalue weighted by molar-refractivity contribution is 5.99. The molecule has 0 bridgehead atoms. The fourth-order valence-electron chi connectivity index (χ4n) is 4.48. The van der Waals surface area contributed by atoms with E-state index in [1.165, 1.54) is 36.9 Å². The molecule has 4 aromatic rings. The van der Waals surface area contributed by atoms with E-state index in [4.69, 9.17) is 0 Å². The molecule has 0 saturated carbocycles. The number of nitrogens with zero attached hydrogens (tertiary/aromatic N) is 5. The van der Waals surface area contributed by atoms with Crippen LogP contribution in [0.25, 0.3) is 10.8 Å². The quantitative estimate of drug-likeness (QED) is 0.241. The molecule has 1 fully saturated rings. The molecule has 0 aliphatic carbocycles. The molecule has 0 N–H and O–H groups in total. The number of azo groups is 2. The molecule has 0 amide bonds. The summed E-state index contributed by atoms with van der Waals surface area (Å²) in [4.78, 5) is 2.42. The number of hydrogen-bond donors (Lipinski definition) is 0. The maximum Gasteiger partial charge on any atom is 0.0936 e. The van der Waals surface area contributed by atoms with Gasteiger partial charge in [-0.15, -0.1) is 10.2 Å². The SMILES string of the molecule is CCCCc1ccc(N=Nc2ccc(N=Nc3ccc(N4CCCC4)cc3)c3ccccc23)cc1. The highest BCUT2D eigenvalue weighted by Gasteiger charge is 2.11. The Morgan fingerprint density at radius 3 is 1.71 bits per heavy atom. The molecule has 0 atom stereocenters. The highest BCUT2D eigenvalue weighted by atomic mass is 15.1. The van der Waals surface area contributed by atoms with Crippen LogP contribution in [-0.4, -0.2) is 13.1 Å². The number of aryl methyl sites for hydroxylation is 1. The van der Waals surface area contributed by atoms with Crippen molar-refractivity contribution in [1.29, 1.82) is 0 Å². The van der Waals surface area contributed by atoms with E-state index in [1.807, 2.05) is 48.5 Å². The maximum absolute atomic E-state index is 4.56. The molecule has 1 saturated heterocycles. The molecule has 0 radical (unpaired) electrons. The molecule has 0 aromatic heterocycles. The molecule has 1 aliphatic rings. The Bertz CT molecular complexity index is 1320. The van der Waals surface area contributed by atoms with Crippen LogP contribution in [0.15, 0.2) is 105 Å². The van der Waals surface area contributed by atoms with Crippen molar-refractivity contribution in [2.75, 3.05) is 18.0 Å². The number of benzene rings is 4. The second kappa shape index (κ2) is 11.0. The van der Waals surface area contributed by atoms with Crippen LogP contribution in [0.4, 0.5) is 28.4 Å². The molecule has 0 unspecified atom stereocenters. The Morgan fingerprint density at radius 2 is 1.17 bits per heavy atom. The van der Waals surface area contributed by atoms with Crippen molar-refractivity contribution in [3.8, 4) is 0 Å². The van der Waals surface area contributed by atoms with Crippen molar-refractivity contribution in [3.63, 3.8) is 0 Å². The lowest BCUT2D eigenvalue weighted by atomic mass is 10.1. The van der Waals surface area contributed by atoms with Gasteiger partial charge in [0.15, 0.2) is 0 Å². The fourth-order valence-corrected chi connectivity index (χ4v) is 4.48. The van der Waals surface area contributed by atoms with Gasteiger partial charge in [-0.1, -0.05) is 49.7 Å². The monoisotopic (exact) mass is 461 g/mol. The zero-order valence-electron chi connectivity index (χ0n) is 20.3. The van der Waals surface area contributed by atoms with Gasteiger partial charge in [0.1, 0.15) is 0 Å². The predicted octanol–water partition coefficient (Wildman–Crippen LogP) is 9.61. The minimum atomic E-state index is 0.823. The summed E-state index contributed by atoms with van der Waals surface area (Å²) in [5.41, 5.74) is 5.96. The molecule has 35 heavy (non-hydrogen) atoms. The van der Waals surface area contributed by atoms with Crippen molar-refractivity contribution < 1.29 is 0 Å². The first-order valence-electron chi connectivity index (χ1n) is 12.6. The molecule has 176 valence electrons. The van der Waals surface area contributed by atoms with Gasteiger partial charge in [0.25, 0.3) is 0 Å². The first-order chi connectivity index (χ1) is 17.3. The van der Waals surface area contributed by atoms with E-state index >= 15 is 0 Å². The van der Waals surface area contributed by atoms with Crippen LogP contribution >= 0.6 is 0 Å². The zero-order valence-corrected chi connectivity index (χ0v) is 20.3. The van der Waals surface area contributed by atoms with Crippen molar-refractivity contribution in [1.82, 2.24) is 0 Å². The minimum absolute atomic E-state index is 0.823. The fraction of sp³-hybridized carbons (Fsp3) is 0.267. The van der Waals surface area contributed by atoms with Crippen LogP contribution in [0.3, 0.4) is 0 Å². The van der Waals surface area contributed by atoms with E-state index < -0.39 is 0 Å². The second-order valence-electron chi connectivity index (χ2n) is 9.03. The smallest absolute Gasteiger partial charge is 0.0936 e. The van der Waals surface area contributed by atoms with Gasteiger partial charge in [0.2, 0.25) is 0 Å². The Morgan fingerprint density at radius 1 is 0.629 bits per heavy atom. The lowest BCUT2D eigenvalue weighted by Crippen LogP contribution is -2.17. The van der Waals surface area contributed by atoms with Gasteiger partial charge in [-0.05, 0) is 79.8 Å². The van der Waals surface area contributed by atoms with E-state index in [-0.39, 0.29) is 0 Å². The van der Waals surface area contributed by atoms with Crippen LogP contribution in [0.1, 0.15) is 38.2 Å². The second-order valence-corrected chi connectivity index (χ2v) is 9.03. The van der Waals surface area contributed by atoms with Gasteiger partial charge >= 0.3 is 0 Å². The summed E-state index contributed by atoms with van der Waals surface area (Å²) in [6.45, 7) is 4.49. The Balaban J connectivity index is 1.34. The average molecular weight is 462 g/mol. The first-order valence-corrected chi connectivity index (χ1v) is 12.6. The lowest BCUT2D eigenvalue weighted by molar-refractivity contribution is 0.795. The molecule has 5 heteroatoms. The molecular weight excluding hydrogens is 430 g/mol. The Kier molecular flexibility index (Phi) is 7.23. The largest absolute Gasteiger partial charge is 0.372 e. The van der Waals surface area contributed by atoms with Gasteiger partial charge in [0, 0.05) is 29.5 Å². The van der Waals surface area contributed by atoms with Crippen molar-refractivity contribution >= 4 is 39.2 Å². The molecule has 4 aromatic carbocycles. The van der Waals surface area contributed by atoms with Crippen LogP contribution in [0.5, 0.6) is 0 Å². The summed E-state index contributed by atoms with van der Waals surface area (Å²) in [6, 6.07) is 28.8. The first kappa shape index (κ1) is 22.9. The maximum atomic E-state index is 4.56. The molecular formula is C30H31N5. The summed E-state index contributed by atoms with van der Waals surface area (Å²) >= 11 is 0. The Labute approximate surface area is 207 Å². The minimum Gasteiger partial charge on any atom is -0.372 e. The Hall–Kier alpha value is -3.86. The van der Waals surface area contributed by atoms with E-state index in [0.717, 1.165) is 53.0 Å². The molecule has 5 nitrogen and oxygen atoms in total. The summed E-state index contributed by atoms with van der Waals surface area (Å²) in [6.07, 6.45) is 6.07. The normalized spacial score (nSPS) is 14.0. The molecule has 1 aliphatic heterocycles. The summed E-state index contributed by atoms with van der Waals surface area (Å²) in [7, 11) is 0. The van der Waals surface area contributed by atoms with Crippen LogP contribution in [0, 0.1) is 0 Å². The molecule has 5 rings (SSSR count). The van der Waals surface area contributed by atoms with Gasteiger partial charge < -0.3 is 4.90 Å². The zero-order chi connectivity index (χ0) is 23.9. The third-order valence-corrected chi connectivity index (χ3v) is 6.50. The van der Waals surface area contributed by atoms with Crippen molar-refractivity contribution in [2.45, 2.75) is 39.0 Å². The van der Waals surface area contributed by atoms with Crippen LogP contribution < -0.4 is 4.90 Å². The number of rotatable bonds is 8. The molecule has 1 heterocycles. The predicted molar refractivity (Wildman–Crippen MR) is 145 cm³/mol. The third kappa shape index (κ3) is 5.62. The van der Waals surface area contributed by atoms with Crippen LogP contribution in [-0.2, 0) is 6.42 Å².